The number of ether oxygens (including phenoxy) is 2. The molecule has 0 saturated heterocycles. The van der Waals surface area contributed by atoms with Crippen LogP contribution in [0.2, 0.25) is 0 Å². The number of hydrogen-bond donors (Lipinski definition) is 1. The molecule has 1 N–H and O–H groups in total. The van der Waals surface area contributed by atoms with Crippen molar-refractivity contribution in [2.45, 2.75) is 38.7 Å². The number of benzene rings is 2. The number of nitrogens with one attached hydrogen (secondary N) is 1. The van der Waals surface area contributed by atoms with Crippen LogP contribution in [0.4, 0.5) is 14.5 Å². The van der Waals surface area contributed by atoms with Gasteiger partial charge in [-0.15, -0.1) is 0 Å². The zero-order valence-corrected chi connectivity index (χ0v) is 16.2. The van der Waals surface area contributed by atoms with Crippen molar-refractivity contribution in [1.29, 1.82) is 0 Å². The Bertz CT molecular complexity index is 945. The number of para-hydroxylation sites is 2. The van der Waals surface area contributed by atoms with Crippen LogP contribution in [0.15, 0.2) is 42.5 Å². The Kier molecular flexibility index (Phi) is 7.11. The maximum absolute atomic E-state index is 12.4. The van der Waals surface area contributed by atoms with E-state index in [-0.39, 0.29) is 30.1 Å². The molecule has 2 aromatic carbocycles. The molecule has 1 aliphatic rings. The number of esters is 1. The summed E-state index contributed by atoms with van der Waals surface area (Å²) in [5.41, 5.74) is 3.04. The van der Waals surface area contributed by atoms with E-state index in [0.29, 0.717) is 5.56 Å². The van der Waals surface area contributed by atoms with Crippen molar-refractivity contribution in [2.75, 3.05) is 11.9 Å². The Labute approximate surface area is 172 Å². The summed E-state index contributed by atoms with van der Waals surface area (Å²) in [6.45, 7) is -3.64. The first-order valence-electron chi connectivity index (χ1n) is 9.56. The van der Waals surface area contributed by atoms with E-state index in [9.17, 15) is 23.2 Å². The number of amides is 1. The zero-order valence-electron chi connectivity index (χ0n) is 16.2. The Balaban J connectivity index is 1.43. The van der Waals surface area contributed by atoms with Crippen LogP contribution in [0.1, 0.15) is 40.7 Å². The number of ketones is 1. The lowest BCUT2D eigenvalue weighted by atomic mass is 10.0. The minimum absolute atomic E-state index is 0.0235. The molecule has 0 unspecified atom stereocenters. The van der Waals surface area contributed by atoms with Crippen LogP contribution in [0.25, 0.3) is 0 Å². The Morgan fingerprint density at radius 3 is 2.57 bits per heavy atom. The topological polar surface area (TPSA) is 81.7 Å². The lowest BCUT2D eigenvalue weighted by Gasteiger charge is -2.11. The summed E-state index contributed by atoms with van der Waals surface area (Å²) in [4.78, 5) is 36.1. The highest BCUT2D eigenvalue weighted by Crippen LogP contribution is 2.25. The van der Waals surface area contributed by atoms with E-state index in [4.69, 9.17) is 4.74 Å². The minimum atomic E-state index is -3.04. The van der Waals surface area contributed by atoms with Gasteiger partial charge in [0.05, 0.1) is 12.1 Å². The number of rotatable bonds is 9. The quantitative estimate of drug-likeness (QED) is 0.494. The molecule has 30 heavy (non-hydrogen) atoms. The number of Topliss-reactive ketones (excluding diaryl/α,β-unsaturated/α-hetero) is 1. The highest BCUT2D eigenvalue weighted by molar-refractivity contribution is 5.98. The Morgan fingerprint density at radius 1 is 1.00 bits per heavy atom. The highest BCUT2D eigenvalue weighted by atomic mass is 19.3. The van der Waals surface area contributed by atoms with Gasteiger partial charge in [0.25, 0.3) is 5.91 Å². The molecular weight excluding hydrogens is 396 g/mol. The molecule has 0 spiro atoms. The van der Waals surface area contributed by atoms with E-state index >= 15 is 0 Å². The van der Waals surface area contributed by atoms with Gasteiger partial charge in [-0.25, -0.2) is 0 Å². The van der Waals surface area contributed by atoms with Crippen LogP contribution >= 0.6 is 0 Å². The largest absolute Gasteiger partial charge is 0.456 e. The summed E-state index contributed by atoms with van der Waals surface area (Å²) in [7, 11) is 0. The smallest absolute Gasteiger partial charge is 0.387 e. The minimum Gasteiger partial charge on any atom is -0.456 e. The van der Waals surface area contributed by atoms with Crippen LogP contribution in [0.5, 0.6) is 5.75 Å². The summed E-state index contributed by atoms with van der Waals surface area (Å²) in [5, 5.41) is 2.34. The first kappa shape index (κ1) is 21.4. The molecule has 1 amide bonds. The zero-order chi connectivity index (χ0) is 21.5. The molecule has 0 aromatic heterocycles. The third kappa shape index (κ3) is 5.85. The van der Waals surface area contributed by atoms with Crippen molar-refractivity contribution in [3.8, 4) is 5.75 Å². The number of alkyl halides is 2. The second kappa shape index (κ2) is 9.96. The number of hydrogen-bond acceptors (Lipinski definition) is 5. The first-order chi connectivity index (χ1) is 14.4. The van der Waals surface area contributed by atoms with Gasteiger partial charge in [-0.1, -0.05) is 24.3 Å². The lowest BCUT2D eigenvalue weighted by molar-refractivity contribution is -0.147. The van der Waals surface area contributed by atoms with Crippen LogP contribution < -0.4 is 10.1 Å². The predicted octanol–water partition coefficient (Wildman–Crippen LogP) is 3.92. The second-order valence-electron chi connectivity index (χ2n) is 6.84. The van der Waals surface area contributed by atoms with E-state index in [1.807, 2.05) is 12.1 Å². The molecule has 0 aliphatic heterocycles. The lowest BCUT2D eigenvalue weighted by Crippen LogP contribution is -2.21. The third-order valence-electron chi connectivity index (χ3n) is 4.72. The molecule has 0 saturated carbocycles. The fourth-order valence-corrected chi connectivity index (χ4v) is 3.28. The Morgan fingerprint density at radius 2 is 1.77 bits per heavy atom. The summed E-state index contributed by atoms with van der Waals surface area (Å²) in [5.74, 6) is -1.77. The number of carbonyl (C=O) groups is 3. The average molecular weight is 417 g/mol. The van der Waals surface area contributed by atoms with Gasteiger partial charge in [-0.3, -0.25) is 14.4 Å². The van der Waals surface area contributed by atoms with Crippen molar-refractivity contribution in [3.05, 3.63) is 59.2 Å². The molecule has 0 fully saturated rings. The maximum atomic E-state index is 12.4. The van der Waals surface area contributed by atoms with Crippen molar-refractivity contribution in [1.82, 2.24) is 0 Å². The molecule has 0 bridgehead atoms. The fourth-order valence-electron chi connectivity index (χ4n) is 3.28. The van der Waals surface area contributed by atoms with Gasteiger partial charge in [-0.2, -0.15) is 8.78 Å². The highest BCUT2D eigenvalue weighted by Gasteiger charge is 2.16. The Hall–Kier alpha value is -3.29. The molecular formula is C22H21F2NO5. The molecule has 2 aromatic rings. The van der Waals surface area contributed by atoms with Gasteiger partial charge >= 0.3 is 12.6 Å². The van der Waals surface area contributed by atoms with Crippen LogP contribution in [0.3, 0.4) is 0 Å². The summed E-state index contributed by atoms with van der Waals surface area (Å²) in [6.07, 6.45) is 2.88. The van der Waals surface area contributed by atoms with E-state index in [0.717, 1.165) is 19.3 Å². The van der Waals surface area contributed by atoms with Crippen molar-refractivity contribution in [2.24, 2.45) is 0 Å². The summed E-state index contributed by atoms with van der Waals surface area (Å²) in [6, 6.07) is 11.3. The van der Waals surface area contributed by atoms with E-state index in [1.165, 1.54) is 35.4 Å². The van der Waals surface area contributed by atoms with Gasteiger partial charge in [0, 0.05) is 12.0 Å². The van der Waals surface area contributed by atoms with Gasteiger partial charge in [0.1, 0.15) is 5.75 Å². The van der Waals surface area contributed by atoms with E-state index < -0.39 is 25.1 Å². The van der Waals surface area contributed by atoms with Gasteiger partial charge in [0.2, 0.25) is 0 Å². The van der Waals surface area contributed by atoms with Gasteiger partial charge in [-0.05, 0) is 48.6 Å². The van der Waals surface area contributed by atoms with Gasteiger partial charge in [0.15, 0.2) is 12.4 Å². The molecule has 8 heteroatoms. The number of carbonyl (C=O) groups excluding carboxylic acids is 3. The SMILES string of the molecule is O=C(COC(=O)CCC(=O)c1ccc2c(c1)CCC2)Nc1ccccc1OC(F)F. The van der Waals surface area contributed by atoms with Crippen molar-refractivity contribution < 1.29 is 32.6 Å². The normalized spacial score (nSPS) is 12.4. The molecule has 6 nitrogen and oxygen atoms in total. The van der Waals surface area contributed by atoms with E-state index in [2.05, 4.69) is 10.1 Å². The standard InChI is InChI=1S/C22H21F2NO5/c23-22(24)30-19-7-2-1-6-17(19)25-20(27)13-29-21(28)11-10-18(26)16-9-8-14-4-3-5-15(14)12-16/h1-2,6-9,12,22H,3-5,10-11,13H2,(H,25,27). The summed E-state index contributed by atoms with van der Waals surface area (Å²) >= 11 is 0. The fraction of sp³-hybridized carbons (Fsp3) is 0.318. The average Bonchev–Trinajstić information content (AvgIpc) is 3.19. The van der Waals surface area contributed by atoms with Crippen molar-refractivity contribution >= 4 is 23.3 Å². The van der Waals surface area contributed by atoms with Crippen LogP contribution in [0, 0.1) is 0 Å². The molecule has 0 atom stereocenters. The molecule has 0 radical (unpaired) electrons. The number of fused-ring (bicyclic) bond motifs is 1. The summed E-state index contributed by atoms with van der Waals surface area (Å²) < 4.78 is 34.0. The number of anilines is 1. The van der Waals surface area contributed by atoms with Gasteiger partial charge < -0.3 is 14.8 Å². The van der Waals surface area contributed by atoms with Crippen LogP contribution in [-0.4, -0.2) is 30.9 Å². The predicted molar refractivity (Wildman–Crippen MR) is 105 cm³/mol. The number of aryl methyl sites for hydroxylation is 2. The first-order valence-corrected chi connectivity index (χ1v) is 9.56. The third-order valence-corrected chi connectivity index (χ3v) is 4.72. The molecule has 1 aliphatic carbocycles. The maximum Gasteiger partial charge on any atom is 0.387 e. The molecule has 3 rings (SSSR count). The van der Waals surface area contributed by atoms with Crippen LogP contribution in [-0.2, 0) is 27.2 Å². The molecule has 158 valence electrons. The van der Waals surface area contributed by atoms with Crippen molar-refractivity contribution in [3.63, 3.8) is 0 Å². The van der Waals surface area contributed by atoms with E-state index in [1.54, 1.807) is 6.07 Å². The number of halogens is 2. The second-order valence-corrected chi connectivity index (χ2v) is 6.84. The monoisotopic (exact) mass is 417 g/mol. The molecule has 0 heterocycles.